The molecule has 0 bridgehead atoms. The van der Waals surface area contributed by atoms with Gasteiger partial charge in [-0.3, -0.25) is 19.7 Å². The van der Waals surface area contributed by atoms with Gasteiger partial charge in [-0.05, 0) is 6.07 Å². The second-order valence-corrected chi connectivity index (χ2v) is 4.67. The summed E-state index contributed by atoms with van der Waals surface area (Å²) in [6.07, 6.45) is 0. The van der Waals surface area contributed by atoms with Crippen molar-refractivity contribution in [1.82, 2.24) is 0 Å². The van der Waals surface area contributed by atoms with Crippen LogP contribution in [0.3, 0.4) is 0 Å². The van der Waals surface area contributed by atoms with Crippen molar-refractivity contribution in [3.8, 4) is 0 Å². The number of fused-ring (bicyclic) bond motifs is 1. The summed E-state index contributed by atoms with van der Waals surface area (Å²) >= 11 is 11.1. The van der Waals surface area contributed by atoms with Gasteiger partial charge in [0.1, 0.15) is 0 Å². The van der Waals surface area contributed by atoms with Gasteiger partial charge < -0.3 is 5.32 Å². The molecule has 0 saturated carbocycles. The van der Waals surface area contributed by atoms with Crippen LogP contribution in [-0.4, -0.2) is 20.9 Å². The number of nitro benzene ring substituents is 1. The number of nitrogens with zero attached hydrogens (tertiary/aromatic N) is 1. The zero-order valence-corrected chi connectivity index (χ0v) is 9.58. The van der Waals surface area contributed by atoms with Gasteiger partial charge in [-0.2, -0.15) is 0 Å². The van der Waals surface area contributed by atoms with E-state index in [2.05, 4.69) is 5.32 Å². The van der Waals surface area contributed by atoms with E-state index in [1.165, 1.54) is 12.1 Å². The van der Waals surface area contributed by atoms with E-state index in [0.717, 1.165) is 6.07 Å². The van der Waals surface area contributed by atoms with Crippen molar-refractivity contribution in [2.24, 2.45) is 0 Å². The third kappa shape index (κ3) is 1.75. The maximum absolute atomic E-state index is 11.8. The molecule has 0 atom stereocenters. The first-order valence-electron chi connectivity index (χ1n) is 4.36. The Labute approximate surface area is 105 Å². The summed E-state index contributed by atoms with van der Waals surface area (Å²) in [5.74, 6) is -1.74. The van der Waals surface area contributed by atoms with E-state index in [4.69, 9.17) is 23.2 Å². The smallest absolute Gasteiger partial charge is 0.270 e. The van der Waals surface area contributed by atoms with Crippen molar-refractivity contribution in [2.75, 3.05) is 5.32 Å². The molecule has 2 rings (SSSR count). The van der Waals surface area contributed by atoms with Crippen LogP contribution >= 0.6 is 23.2 Å². The van der Waals surface area contributed by atoms with Crippen molar-refractivity contribution < 1.29 is 14.5 Å². The van der Waals surface area contributed by atoms with Crippen LogP contribution in [0.1, 0.15) is 10.4 Å². The lowest BCUT2D eigenvalue weighted by Gasteiger charge is -2.24. The molecule has 0 fully saturated rings. The van der Waals surface area contributed by atoms with Crippen LogP contribution in [0.2, 0.25) is 0 Å². The van der Waals surface area contributed by atoms with Crippen molar-refractivity contribution in [1.29, 1.82) is 0 Å². The number of non-ortho nitro benzene ring substituents is 1. The lowest BCUT2D eigenvalue weighted by molar-refractivity contribution is -0.384. The molecule has 0 radical (unpaired) electrons. The zero-order chi connectivity index (χ0) is 12.8. The maximum atomic E-state index is 11.8. The molecule has 1 aromatic carbocycles. The number of nitrogens with one attached hydrogen (secondary N) is 1. The average Bonchev–Trinajstić information content (AvgIpc) is 2.26. The van der Waals surface area contributed by atoms with Crippen LogP contribution in [0.5, 0.6) is 0 Å². The number of Topliss-reactive ketones (excluding diaryl/α,β-unsaturated/α-hetero) is 1. The first-order valence-corrected chi connectivity index (χ1v) is 5.12. The Balaban J connectivity index is 2.60. The number of rotatable bonds is 1. The minimum absolute atomic E-state index is 0.0798. The van der Waals surface area contributed by atoms with Crippen molar-refractivity contribution in [3.05, 3.63) is 33.9 Å². The quantitative estimate of drug-likeness (QED) is 0.367. The number of benzene rings is 1. The lowest BCUT2D eigenvalue weighted by atomic mass is 10.0. The fraction of sp³-hybridized carbons (Fsp3) is 0.111. The first-order chi connectivity index (χ1) is 7.84. The van der Waals surface area contributed by atoms with E-state index in [1.807, 2.05) is 0 Å². The predicted molar refractivity (Wildman–Crippen MR) is 60.5 cm³/mol. The molecule has 0 unspecified atom stereocenters. The molecule has 17 heavy (non-hydrogen) atoms. The maximum Gasteiger partial charge on any atom is 0.270 e. The summed E-state index contributed by atoms with van der Waals surface area (Å²) in [5, 5.41) is 12.9. The third-order valence-corrected chi connectivity index (χ3v) is 2.96. The number of anilines is 1. The molecular formula is C9H4Cl2N2O4. The van der Waals surface area contributed by atoms with Crippen molar-refractivity contribution >= 4 is 46.3 Å². The molecule has 88 valence electrons. The molecule has 6 nitrogen and oxygen atoms in total. The normalized spacial score (nSPS) is 17.3. The van der Waals surface area contributed by atoms with Gasteiger partial charge in [0.05, 0.1) is 16.2 Å². The number of ketones is 1. The van der Waals surface area contributed by atoms with E-state index < -0.39 is 20.9 Å². The second kappa shape index (κ2) is 3.68. The highest BCUT2D eigenvalue weighted by atomic mass is 35.5. The summed E-state index contributed by atoms with van der Waals surface area (Å²) in [4.78, 5) is 33.1. The summed E-state index contributed by atoms with van der Waals surface area (Å²) in [7, 11) is 0. The molecule has 1 N–H and O–H groups in total. The summed E-state index contributed by atoms with van der Waals surface area (Å²) < 4.78 is -2.25. The summed E-state index contributed by atoms with van der Waals surface area (Å²) in [5.41, 5.74) is -0.205. The second-order valence-electron chi connectivity index (χ2n) is 3.34. The molecule has 0 saturated heterocycles. The number of halogens is 2. The van der Waals surface area contributed by atoms with E-state index in [0.29, 0.717) is 0 Å². The average molecular weight is 275 g/mol. The monoisotopic (exact) mass is 274 g/mol. The molecule has 0 aromatic heterocycles. The minimum atomic E-state index is -2.25. The number of carbonyl (C=O) groups is 2. The Morgan fingerprint density at radius 1 is 1.29 bits per heavy atom. The fourth-order valence-corrected chi connectivity index (χ4v) is 1.71. The highest BCUT2D eigenvalue weighted by Crippen LogP contribution is 2.36. The number of amides is 1. The van der Waals surface area contributed by atoms with Crippen LogP contribution in [0, 0.1) is 10.1 Å². The molecule has 1 aromatic rings. The number of alkyl halides is 2. The molecule has 1 aliphatic heterocycles. The first kappa shape index (κ1) is 11.8. The Hall–Kier alpha value is -1.66. The van der Waals surface area contributed by atoms with E-state index >= 15 is 0 Å². The number of hydrogen-bond acceptors (Lipinski definition) is 4. The standard InChI is InChI=1S/C9H4Cl2N2O4/c10-9(11)7(14)5-3-4(13(16)17)1-2-6(5)12-8(9)15/h1-3H,(H,12,15). The largest absolute Gasteiger partial charge is 0.322 e. The van der Waals surface area contributed by atoms with Crippen molar-refractivity contribution in [3.63, 3.8) is 0 Å². The number of hydrogen-bond donors (Lipinski definition) is 1. The Morgan fingerprint density at radius 2 is 1.94 bits per heavy atom. The molecule has 1 heterocycles. The van der Waals surface area contributed by atoms with Gasteiger partial charge in [0.2, 0.25) is 5.78 Å². The van der Waals surface area contributed by atoms with Gasteiger partial charge in [0.25, 0.3) is 15.9 Å². The highest BCUT2D eigenvalue weighted by molar-refractivity contribution is 6.71. The van der Waals surface area contributed by atoms with Gasteiger partial charge >= 0.3 is 0 Å². The van der Waals surface area contributed by atoms with Crippen molar-refractivity contribution in [2.45, 2.75) is 4.33 Å². The molecule has 8 heteroatoms. The third-order valence-electron chi connectivity index (χ3n) is 2.28. The predicted octanol–water partition coefficient (Wildman–Crippen LogP) is 1.90. The molecule has 1 amide bonds. The molecule has 1 aliphatic rings. The number of nitro groups is 1. The summed E-state index contributed by atoms with van der Waals surface area (Å²) in [6, 6.07) is 3.45. The Kier molecular flexibility index (Phi) is 2.56. The minimum Gasteiger partial charge on any atom is -0.322 e. The number of carbonyl (C=O) groups excluding carboxylic acids is 2. The SMILES string of the molecule is O=C1Nc2ccc([N+](=O)[O-])cc2C(=O)C1(Cl)Cl. The highest BCUT2D eigenvalue weighted by Gasteiger charge is 2.47. The zero-order valence-electron chi connectivity index (χ0n) is 8.07. The Morgan fingerprint density at radius 3 is 2.53 bits per heavy atom. The van der Waals surface area contributed by atoms with E-state index in [9.17, 15) is 19.7 Å². The molecular weight excluding hydrogens is 271 g/mol. The van der Waals surface area contributed by atoms with Gasteiger partial charge in [-0.25, -0.2) is 0 Å². The fourth-order valence-electron chi connectivity index (χ4n) is 1.42. The van der Waals surface area contributed by atoms with Gasteiger partial charge in [-0.1, -0.05) is 23.2 Å². The lowest BCUT2D eigenvalue weighted by Crippen LogP contribution is -2.44. The summed E-state index contributed by atoms with van der Waals surface area (Å²) in [6.45, 7) is 0. The van der Waals surface area contributed by atoms with Gasteiger partial charge in [-0.15, -0.1) is 0 Å². The van der Waals surface area contributed by atoms with Crippen LogP contribution in [0.4, 0.5) is 11.4 Å². The van der Waals surface area contributed by atoms with Crippen LogP contribution < -0.4 is 5.32 Å². The van der Waals surface area contributed by atoms with E-state index in [-0.39, 0.29) is 16.9 Å². The van der Waals surface area contributed by atoms with E-state index in [1.54, 1.807) is 0 Å². The van der Waals surface area contributed by atoms with Crippen LogP contribution in [0.25, 0.3) is 0 Å². The van der Waals surface area contributed by atoms with Gasteiger partial charge in [0.15, 0.2) is 0 Å². The van der Waals surface area contributed by atoms with Crippen LogP contribution in [-0.2, 0) is 4.79 Å². The molecule has 0 spiro atoms. The van der Waals surface area contributed by atoms with Gasteiger partial charge in [0, 0.05) is 12.1 Å². The van der Waals surface area contributed by atoms with Crippen LogP contribution in [0.15, 0.2) is 18.2 Å². The molecule has 0 aliphatic carbocycles. The topological polar surface area (TPSA) is 89.3 Å². The Bertz CT molecular complexity index is 556.